The highest BCUT2D eigenvalue weighted by Gasteiger charge is 2.14. The van der Waals surface area contributed by atoms with Crippen LogP contribution in [0.5, 0.6) is 11.6 Å². The van der Waals surface area contributed by atoms with Crippen molar-refractivity contribution in [3.05, 3.63) is 35.5 Å². The second-order valence-electron chi connectivity index (χ2n) is 3.79. The Hall–Kier alpha value is -2.37. The highest BCUT2D eigenvalue weighted by Crippen LogP contribution is 2.26. The molecule has 0 amide bonds. The SMILES string of the molecule is CCn1nncc1Oc1cc(C)ccc1C(=O)O. The highest BCUT2D eigenvalue weighted by atomic mass is 16.5. The van der Waals surface area contributed by atoms with Gasteiger partial charge in [0.05, 0.1) is 0 Å². The summed E-state index contributed by atoms with van der Waals surface area (Å²) in [4.78, 5) is 11.1. The van der Waals surface area contributed by atoms with E-state index in [2.05, 4.69) is 10.3 Å². The average Bonchev–Trinajstić information content (AvgIpc) is 2.76. The molecule has 0 radical (unpaired) electrons. The van der Waals surface area contributed by atoms with Gasteiger partial charge in [0.15, 0.2) is 0 Å². The van der Waals surface area contributed by atoms with E-state index in [9.17, 15) is 4.79 Å². The Morgan fingerprint density at radius 3 is 2.94 bits per heavy atom. The highest BCUT2D eigenvalue weighted by molar-refractivity contribution is 5.91. The van der Waals surface area contributed by atoms with Crippen LogP contribution in [0, 0.1) is 6.92 Å². The Morgan fingerprint density at radius 2 is 2.28 bits per heavy atom. The molecule has 1 aromatic carbocycles. The van der Waals surface area contributed by atoms with E-state index in [-0.39, 0.29) is 5.56 Å². The van der Waals surface area contributed by atoms with Gasteiger partial charge in [-0.25, -0.2) is 9.48 Å². The molecule has 0 aliphatic rings. The second kappa shape index (κ2) is 4.87. The number of aryl methyl sites for hydroxylation is 2. The fourth-order valence-electron chi connectivity index (χ4n) is 1.55. The van der Waals surface area contributed by atoms with Gasteiger partial charge in [-0.3, -0.25) is 0 Å². The predicted octanol–water partition coefficient (Wildman–Crippen LogP) is 2.10. The van der Waals surface area contributed by atoms with Crippen LogP contribution in [0.25, 0.3) is 0 Å². The molecule has 1 N–H and O–H groups in total. The maximum atomic E-state index is 11.1. The standard InChI is InChI=1S/C12H13N3O3/c1-3-15-11(7-13-14-15)18-10-6-8(2)4-5-9(10)12(16)17/h4-7H,3H2,1-2H3,(H,16,17). The van der Waals surface area contributed by atoms with E-state index in [0.29, 0.717) is 18.2 Å². The number of carboxylic acids is 1. The second-order valence-corrected chi connectivity index (χ2v) is 3.79. The molecular weight excluding hydrogens is 234 g/mol. The Morgan fingerprint density at radius 1 is 1.50 bits per heavy atom. The van der Waals surface area contributed by atoms with E-state index in [1.54, 1.807) is 16.8 Å². The first-order chi connectivity index (χ1) is 8.61. The molecule has 0 fully saturated rings. The smallest absolute Gasteiger partial charge is 0.339 e. The van der Waals surface area contributed by atoms with Crippen LogP contribution in [-0.4, -0.2) is 26.1 Å². The Bertz CT molecular complexity index is 578. The van der Waals surface area contributed by atoms with Crippen molar-refractivity contribution in [3.8, 4) is 11.6 Å². The Balaban J connectivity index is 2.39. The molecule has 0 atom stereocenters. The third kappa shape index (κ3) is 2.32. The van der Waals surface area contributed by atoms with Gasteiger partial charge in [0, 0.05) is 6.54 Å². The number of hydrogen-bond donors (Lipinski definition) is 1. The lowest BCUT2D eigenvalue weighted by Crippen LogP contribution is -2.04. The van der Waals surface area contributed by atoms with Crippen molar-refractivity contribution < 1.29 is 14.6 Å². The van der Waals surface area contributed by atoms with Crippen molar-refractivity contribution >= 4 is 5.97 Å². The van der Waals surface area contributed by atoms with Gasteiger partial charge in [-0.05, 0) is 31.5 Å². The lowest BCUT2D eigenvalue weighted by atomic mass is 10.1. The van der Waals surface area contributed by atoms with Crippen molar-refractivity contribution in [3.63, 3.8) is 0 Å². The van der Waals surface area contributed by atoms with Gasteiger partial charge in [-0.15, -0.1) is 5.10 Å². The van der Waals surface area contributed by atoms with Crippen LogP contribution < -0.4 is 4.74 Å². The number of ether oxygens (including phenoxy) is 1. The summed E-state index contributed by atoms with van der Waals surface area (Å²) >= 11 is 0. The number of rotatable bonds is 4. The van der Waals surface area contributed by atoms with Gasteiger partial charge in [-0.1, -0.05) is 11.3 Å². The van der Waals surface area contributed by atoms with Crippen molar-refractivity contribution in [2.75, 3.05) is 0 Å². The molecule has 6 nitrogen and oxygen atoms in total. The van der Waals surface area contributed by atoms with E-state index in [0.717, 1.165) is 5.56 Å². The van der Waals surface area contributed by atoms with E-state index < -0.39 is 5.97 Å². The molecule has 1 heterocycles. The molecule has 1 aromatic heterocycles. The number of aromatic nitrogens is 3. The molecule has 2 rings (SSSR count). The molecule has 0 unspecified atom stereocenters. The zero-order valence-corrected chi connectivity index (χ0v) is 10.1. The minimum Gasteiger partial charge on any atom is -0.478 e. The van der Waals surface area contributed by atoms with Crippen molar-refractivity contribution in [1.29, 1.82) is 0 Å². The fraction of sp³-hybridized carbons (Fsp3) is 0.250. The van der Waals surface area contributed by atoms with Crippen LogP contribution in [0.15, 0.2) is 24.4 Å². The summed E-state index contributed by atoms with van der Waals surface area (Å²) in [5.41, 5.74) is 1.04. The Kier molecular flexibility index (Phi) is 3.27. The third-order valence-corrected chi connectivity index (χ3v) is 2.46. The summed E-state index contributed by atoms with van der Waals surface area (Å²) in [6, 6.07) is 4.93. The van der Waals surface area contributed by atoms with E-state index in [1.807, 2.05) is 13.8 Å². The number of hydrogen-bond acceptors (Lipinski definition) is 4. The third-order valence-electron chi connectivity index (χ3n) is 2.46. The molecule has 0 bridgehead atoms. The molecule has 0 aliphatic carbocycles. The first kappa shape index (κ1) is 12.1. The number of carboxylic acid groups (broad SMARTS) is 1. The van der Waals surface area contributed by atoms with Crippen LogP contribution in [0.2, 0.25) is 0 Å². The molecular formula is C12H13N3O3. The lowest BCUT2D eigenvalue weighted by Gasteiger charge is -2.09. The number of aromatic carboxylic acids is 1. The molecule has 94 valence electrons. The summed E-state index contributed by atoms with van der Waals surface area (Å²) in [7, 11) is 0. The summed E-state index contributed by atoms with van der Waals surface area (Å²) in [6.45, 7) is 4.37. The van der Waals surface area contributed by atoms with Crippen LogP contribution in [-0.2, 0) is 6.54 Å². The van der Waals surface area contributed by atoms with Crippen LogP contribution in [0.4, 0.5) is 0 Å². The van der Waals surface area contributed by atoms with Crippen LogP contribution in [0.1, 0.15) is 22.8 Å². The topological polar surface area (TPSA) is 77.2 Å². The maximum Gasteiger partial charge on any atom is 0.339 e. The van der Waals surface area contributed by atoms with E-state index >= 15 is 0 Å². The first-order valence-corrected chi connectivity index (χ1v) is 5.52. The van der Waals surface area contributed by atoms with Gasteiger partial charge < -0.3 is 9.84 Å². The molecule has 0 aliphatic heterocycles. The van der Waals surface area contributed by atoms with Crippen molar-refractivity contribution in [1.82, 2.24) is 15.0 Å². The summed E-state index contributed by atoms with van der Waals surface area (Å²) < 4.78 is 7.12. The van der Waals surface area contributed by atoms with E-state index in [4.69, 9.17) is 9.84 Å². The molecule has 6 heteroatoms. The summed E-state index contributed by atoms with van der Waals surface area (Å²) in [5, 5.41) is 16.6. The van der Waals surface area contributed by atoms with Gasteiger partial charge >= 0.3 is 5.97 Å². The number of nitrogens with zero attached hydrogens (tertiary/aromatic N) is 3. The van der Waals surface area contributed by atoms with Crippen LogP contribution in [0.3, 0.4) is 0 Å². The lowest BCUT2D eigenvalue weighted by molar-refractivity contribution is 0.0694. The molecule has 18 heavy (non-hydrogen) atoms. The monoisotopic (exact) mass is 247 g/mol. The predicted molar refractivity (Wildman–Crippen MR) is 63.9 cm³/mol. The molecule has 0 saturated carbocycles. The first-order valence-electron chi connectivity index (χ1n) is 5.52. The number of carbonyl (C=O) groups is 1. The molecule has 0 spiro atoms. The van der Waals surface area contributed by atoms with Gasteiger partial charge in [-0.2, -0.15) is 0 Å². The van der Waals surface area contributed by atoms with Crippen molar-refractivity contribution in [2.24, 2.45) is 0 Å². The number of benzene rings is 1. The minimum absolute atomic E-state index is 0.115. The maximum absolute atomic E-state index is 11.1. The average molecular weight is 247 g/mol. The summed E-state index contributed by atoms with van der Waals surface area (Å²) in [5.74, 6) is -0.314. The fourth-order valence-corrected chi connectivity index (χ4v) is 1.55. The zero-order chi connectivity index (χ0) is 13.1. The van der Waals surface area contributed by atoms with Gasteiger partial charge in [0.2, 0.25) is 5.88 Å². The quantitative estimate of drug-likeness (QED) is 0.895. The van der Waals surface area contributed by atoms with Crippen molar-refractivity contribution in [2.45, 2.75) is 20.4 Å². The van der Waals surface area contributed by atoms with E-state index in [1.165, 1.54) is 12.3 Å². The van der Waals surface area contributed by atoms with Gasteiger partial charge in [0.25, 0.3) is 0 Å². The zero-order valence-electron chi connectivity index (χ0n) is 10.1. The molecule has 2 aromatic rings. The summed E-state index contributed by atoms with van der Waals surface area (Å²) in [6.07, 6.45) is 1.46. The largest absolute Gasteiger partial charge is 0.478 e. The molecule has 0 saturated heterocycles. The minimum atomic E-state index is -1.03. The van der Waals surface area contributed by atoms with Crippen LogP contribution >= 0.6 is 0 Å². The Labute approximate surface area is 104 Å². The van der Waals surface area contributed by atoms with Gasteiger partial charge in [0.1, 0.15) is 17.5 Å². The normalized spacial score (nSPS) is 10.3.